The largest absolute Gasteiger partial charge is 0.399 e. The van der Waals surface area contributed by atoms with E-state index in [9.17, 15) is 4.79 Å². The predicted molar refractivity (Wildman–Crippen MR) is 89.2 cm³/mol. The van der Waals surface area contributed by atoms with Gasteiger partial charge < -0.3 is 10.6 Å². The highest BCUT2D eigenvalue weighted by atomic mass is 16.2. The van der Waals surface area contributed by atoms with Gasteiger partial charge in [-0.2, -0.15) is 0 Å². The molecule has 1 saturated carbocycles. The van der Waals surface area contributed by atoms with E-state index in [0.717, 1.165) is 37.3 Å². The molecule has 0 aliphatic heterocycles. The Balaban J connectivity index is 1.99. The van der Waals surface area contributed by atoms with Crippen molar-refractivity contribution in [1.82, 2.24) is 0 Å². The summed E-state index contributed by atoms with van der Waals surface area (Å²) in [7, 11) is 1.85. The Morgan fingerprint density at radius 3 is 2.33 bits per heavy atom. The summed E-state index contributed by atoms with van der Waals surface area (Å²) in [5, 5.41) is 0. The number of nitrogens with two attached hydrogens (primary N) is 1. The Hall–Kier alpha value is -1.51. The van der Waals surface area contributed by atoms with Gasteiger partial charge in [0.05, 0.1) is 0 Å². The third-order valence-corrected chi connectivity index (χ3v) is 4.89. The van der Waals surface area contributed by atoms with Crippen molar-refractivity contribution >= 4 is 17.3 Å². The highest BCUT2D eigenvalue weighted by Crippen LogP contribution is 2.40. The lowest BCUT2D eigenvalue weighted by atomic mass is 9.69. The smallest absolute Gasteiger partial charge is 0.229 e. The Labute approximate surface area is 128 Å². The maximum Gasteiger partial charge on any atom is 0.229 e. The number of amides is 1. The minimum absolute atomic E-state index is 0.162. The van der Waals surface area contributed by atoms with Gasteiger partial charge in [0.15, 0.2) is 0 Å². The molecule has 1 aliphatic rings. The van der Waals surface area contributed by atoms with Gasteiger partial charge >= 0.3 is 0 Å². The molecule has 2 rings (SSSR count). The highest BCUT2D eigenvalue weighted by Gasteiger charge is 2.33. The van der Waals surface area contributed by atoms with Crippen LogP contribution in [0.25, 0.3) is 0 Å². The Kier molecular flexibility index (Phi) is 4.60. The number of hydrogen-bond acceptors (Lipinski definition) is 2. The SMILES string of the molecule is CN(C(=O)C1CCC(C(C)(C)C)CC1)c1cccc(N)c1. The lowest BCUT2D eigenvalue weighted by Crippen LogP contribution is -2.36. The number of carbonyl (C=O) groups is 1. The van der Waals surface area contributed by atoms with Crippen molar-refractivity contribution < 1.29 is 4.79 Å². The van der Waals surface area contributed by atoms with E-state index in [-0.39, 0.29) is 11.8 Å². The molecule has 0 aromatic heterocycles. The maximum absolute atomic E-state index is 12.7. The normalized spacial score (nSPS) is 22.9. The average molecular weight is 288 g/mol. The van der Waals surface area contributed by atoms with Gasteiger partial charge in [-0.05, 0) is 55.2 Å². The van der Waals surface area contributed by atoms with Gasteiger partial charge in [-0.3, -0.25) is 4.79 Å². The second kappa shape index (κ2) is 6.08. The number of anilines is 2. The number of benzene rings is 1. The van der Waals surface area contributed by atoms with Gasteiger partial charge in [-0.1, -0.05) is 26.8 Å². The van der Waals surface area contributed by atoms with Crippen LogP contribution in [0.15, 0.2) is 24.3 Å². The van der Waals surface area contributed by atoms with Crippen LogP contribution >= 0.6 is 0 Å². The number of nitrogens with zero attached hydrogens (tertiary/aromatic N) is 1. The summed E-state index contributed by atoms with van der Waals surface area (Å²) in [5.74, 6) is 1.13. The van der Waals surface area contributed by atoms with Crippen LogP contribution in [0.5, 0.6) is 0 Å². The van der Waals surface area contributed by atoms with Crippen molar-refractivity contribution in [1.29, 1.82) is 0 Å². The molecule has 0 heterocycles. The van der Waals surface area contributed by atoms with Crippen LogP contribution in [0.3, 0.4) is 0 Å². The molecule has 0 radical (unpaired) electrons. The molecule has 0 atom stereocenters. The number of carbonyl (C=O) groups excluding carboxylic acids is 1. The first-order valence-corrected chi connectivity index (χ1v) is 7.92. The van der Waals surface area contributed by atoms with E-state index in [1.165, 1.54) is 0 Å². The third kappa shape index (κ3) is 3.78. The van der Waals surface area contributed by atoms with Crippen molar-refractivity contribution in [2.24, 2.45) is 17.3 Å². The fraction of sp³-hybridized carbons (Fsp3) is 0.611. The summed E-state index contributed by atoms with van der Waals surface area (Å²) in [6.07, 6.45) is 4.33. The summed E-state index contributed by atoms with van der Waals surface area (Å²) in [6.45, 7) is 6.91. The molecule has 1 amide bonds. The van der Waals surface area contributed by atoms with Crippen LogP contribution in [-0.4, -0.2) is 13.0 Å². The number of nitrogen functional groups attached to an aromatic ring is 1. The number of hydrogen-bond donors (Lipinski definition) is 1. The quantitative estimate of drug-likeness (QED) is 0.833. The molecule has 1 fully saturated rings. The minimum Gasteiger partial charge on any atom is -0.399 e. The Morgan fingerprint density at radius 2 is 1.81 bits per heavy atom. The molecule has 116 valence electrons. The van der Waals surface area contributed by atoms with Crippen molar-refractivity contribution in [3.8, 4) is 0 Å². The van der Waals surface area contributed by atoms with Crippen molar-refractivity contribution in [3.63, 3.8) is 0 Å². The van der Waals surface area contributed by atoms with Crippen LogP contribution in [0.2, 0.25) is 0 Å². The topological polar surface area (TPSA) is 46.3 Å². The maximum atomic E-state index is 12.7. The minimum atomic E-state index is 0.162. The molecule has 3 nitrogen and oxygen atoms in total. The molecule has 0 bridgehead atoms. The lowest BCUT2D eigenvalue weighted by Gasteiger charge is -2.37. The van der Waals surface area contributed by atoms with Crippen LogP contribution < -0.4 is 10.6 Å². The van der Waals surface area contributed by atoms with E-state index in [0.29, 0.717) is 11.1 Å². The molecule has 21 heavy (non-hydrogen) atoms. The summed E-state index contributed by atoms with van der Waals surface area (Å²) in [4.78, 5) is 14.4. The molecule has 0 spiro atoms. The van der Waals surface area contributed by atoms with Crippen molar-refractivity contribution in [3.05, 3.63) is 24.3 Å². The van der Waals surface area contributed by atoms with Gasteiger partial charge in [0.2, 0.25) is 5.91 Å². The molecule has 1 aliphatic carbocycles. The molecule has 0 saturated heterocycles. The summed E-state index contributed by atoms with van der Waals surface area (Å²) < 4.78 is 0. The van der Waals surface area contributed by atoms with E-state index < -0.39 is 0 Å². The van der Waals surface area contributed by atoms with Gasteiger partial charge in [0.1, 0.15) is 0 Å². The summed E-state index contributed by atoms with van der Waals surface area (Å²) in [6, 6.07) is 7.54. The molecule has 0 unspecified atom stereocenters. The van der Waals surface area contributed by atoms with E-state index in [1.54, 1.807) is 4.90 Å². The van der Waals surface area contributed by atoms with Gasteiger partial charge in [0.25, 0.3) is 0 Å². The fourth-order valence-electron chi connectivity index (χ4n) is 3.34. The van der Waals surface area contributed by atoms with Crippen molar-refractivity contribution in [2.75, 3.05) is 17.7 Å². The van der Waals surface area contributed by atoms with Crippen molar-refractivity contribution in [2.45, 2.75) is 46.5 Å². The monoisotopic (exact) mass is 288 g/mol. The second-order valence-electron chi connectivity index (χ2n) is 7.41. The summed E-state index contributed by atoms with van der Waals surface area (Å²) >= 11 is 0. The van der Waals surface area contributed by atoms with E-state index in [1.807, 2.05) is 31.3 Å². The molecule has 3 heteroatoms. The Morgan fingerprint density at radius 1 is 1.19 bits per heavy atom. The standard InChI is InChI=1S/C18H28N2O/c1-18(2,3)14-10-8-13(9-11-14)17(21)20(4)16-7-5-6-15(19)12-16/h5-7,12-14H,8-11,19H2,1-4H3. The highest BCUT2D eigenvalue weighted by molar-refractivity contribution is 5.94. The second-order valence-corrected chi connectivity index (χ2v) is 7.41. The first-order valence-electron chi connectivity index (χ1n) is 7.92. The molecular formula is C18H28N2O. The average Bonchev–Trinajstić information content (AvgIpc) is 2.45. The molecule has 2 N–H and O–H groups in total. The lowest BCUT2D eigenvalue weighted by molar-refractivity contribution is -0.123. The Bertz CT molecular complexity index is 496. The first kappa shape index (κ1) is 15.9. The first-order chi connectivity index (χ1) is 9.79. The summed E-state index contributed by atoms with van der Waals surface area (Å²) in [5.41, 5.74) is 7.74. The fourth-order valence-corrected chi connectivity index (χ4v) is 3.34. The van der Waals surface area contributed by atoms with Gasteiger partial charge in [0, 0.05) is 24.3 Å². The van der Waals surface area contributed by atoms with Crippen LogP contribution in [0.4, 0.5) is 11.4 Å². The van der Waals surface area contributed by atoms with Crippen LogP contribution in [-0.2, 0) is 4.79 Å². The predicted octanol–water partition coefficient (Wildman–Crippen LogP) is 4.08. The zero-order valence-corrected chi connectivity index (χ0v) is 13.7. The number of rotatable bonds is 2. The molecular weight excluding hydrogens is 260 g/mol. The van der Waals surface area contributed by atoms with Gasteiger partial charge in [-0.25, -0.2) is 0 Å². The molecule has 1 aromatic rings. The third-order valence-electron chi connectivity index (χ3n) is 4.89. The van der Waals surface area contributed by atoms with Crippen LogP contribution in [0, 0.1) is 17.3 Å². The van der Waals surface area contributed by atoms with E-state index in [2.05, 4.69) is 20.8 Å². The molecule has 1 aromatic carbocycles. The zero-order chi connectivity index (χ0) is 15.6. The van der Waals surface area contributed by atoms with Crippen LogP contribution in [0.1, 0.15) is 46.5 Å². The van der Waals surface area contributed by atoms with Gasteiger partial charge in [-0.15, -0.1) is 0 Å². The van der Waals surface area contributed by atoms with E-state index in [4.69, 9.17) is 5.73 Å². The zero-order valence-electron chi connectivity index (χ0n) is 13.7. The van der Waals surface area contributed by atoms with E-state index >= 15 is 0 Å².